The van der Waals surface area contributed by atoms with Crippen LogP contribution >= 0.6 is 23.4 Å². The average Bonchev–Trinajstić information content (AvgIpc) is 3.00. The number of fused-ring (bicyclic) bond motifs is 4. The Morgan fingerprint density at radius 2 is 1.88 bits per heavy atom. The third kappa shape index (κ3) is 3.08. The number of morpholine rings is 1. The molecule has 0 radical (unpaired) electrons. The van der Waals surface area contributed by atoms with Crippen LogP contribution < -0.4 is 10.4 Å². The van der Waals surface area contributed by atoms with Crippen LogP contribution in [0.3, 0.4) is 0 Å². The SMILES string of the molecule is O=C1c2c(O)c(=O)ccn2N([C@@H]2c3ccccc3SCc3c(Cl)cccc32)[C@@H]2COCCN12. The summed E-state index contributed by atoms with van der Waals surface area (Å²) in [5.41, 5.74) is 2.49. The number of carbonyl (C=O) groups excluding carboxylic acids is 1. The van der Waals surface area contributed by atoms with Gasteiger partial charge in [0.05, 0.1) is 19.3 Å². The lowest BCUT2D eigenvalue weighted by Gasteiger charge is -2.51. The van der Waals surface area contributed by atoms with Gasteiger partial charge in [-0.1, -0.05) is 41.9 Å². The van der Waals surface area contributed by atoms with E-state index in [2.05, 4.69) is 18.2 Å². The number of benzene rings is 2. The number of carbonyl (C=O) groups is 1. The molecule has 6 rings (SSSR count). The first-order valence-corrected chi connectivity index (χ1v) is 12.0. The molecule has 0 aliphatic carbocycles. The van der Waals surface area contributed by atoms with E-state index in [0.717, 1.165) is 21.6 Å². The summed E-state index contributed by atoms with van der Waals surface area (Å²) in [6.07, 6.45) is 1.14. The van der Waals surface area contributed by atoms with Crippen molar-refractivity contribution in [3.05, 3.63) is 92.4 Å². The fourth-order valence-corrected chi connectivity index (χ4v) is 6.43. The molecule has 1 fully saturated rings. The lowest BCUT2D eigenvalue weighted by atomic mass is 9.93. The highest BCUT2D eigenvalue weighted by Crippen LogP contribution is 2.45. The molecule has 4 heterocycles. The number of halogens is 1. The zero-order valence-electron chi connectivity index (χ0n) is 17.5. The van der Waals surface area contributed by atoms with Crippen LogP contribution in [-0.4, -0.2) is 46.5 Å². The molecule has 1 saturated heterocycles. The molecule has 3 aromatic rings. The number of aromatic hydroxyl groups is 1. The fraction of sp³-hybridized carbons (Fsp3) is 0.250. The van der Waals surface area contributed by atoms with Gasteiger partial charge < -0.3 is 14.7 Å². The molecule has 0 unspecified atom stereocenters. The van der Waals surface area contributed by atoms with Crippen molar-refractivity contribution in [2.75, 3.05) is 24.8 Å². The number of hydrogen-bond donors (Lipinski definition) is 1. The van der Waals surface area contributed by atoms with Gasteiger partial charge in [0.1, 0.15) is 6.17 Å². The number of amides is 1. The third-order valence-corrected chi connectivity index (χ3v) is 7.94. The number of rotatable bonds is 1. The van der Waals surface area contributed by atoms with Crippen molar-refractivity contribution < 1.29 is 14.6 Å². The zero-order valence-corrected chi connectivity index (χ0v) is 19.1. The molecule has 33 heavy (non-hydrogen) atoms. The number of ether oxygens (including phenoxy) is 1. The predicted molar refractivity (Wildman–Crippen MR) is 126 cm³/mol. The number of thioether (sulfide) groups is 1. The van der Waals surface area contributed by atoms with E-state index >= 15 is 0 Å². The Morgan fingerprint density at radius 1 is 1.06 bits per heavy atom. The van der Waals surface area contributed by atoms with E-state index < -0.39 is 17.3 Å². The molecule has 0 bridgehead atoms. The summed E-state index contributed by atoms with van der Waals surface area (Å²) in [4.78, 5) is 28.4. The number of hydrogen-bond acceptors (Lipinski definition) is 6. The van der Waals surface area contributed by atoms with Gasteiger partial charge in [-0.25, -0.2) is 0 Å². The van der Waals surface area contributed by atoms with Gasteiger partial charge in [0.15, 0.2) is 11.4 Å². The fourth-order valence-electron chi connectivity index (χ4n) is 4.96. The van der Waals surface area contributed by atoms with Crippen LogP contribution in [0.15, 0.2) is 64.4 Å². The summed E-state index contributed by atoms with van der Waals surface area (Å²) < 4.78 is 7.43. The van der Waals surface area contributed by atoms with Crippen molar-refractivity contribution in [2.45, 2.75) is 22.9 Å². The van der Waals surface area contributed by atoms with Crippen LogP contribution in [0.25, 0.3) is 0 Å². The van der Waals surface area contributed by atoms with Gasteiger partial charge in [0.2, 0.25) is 5.43 Å². The van der Waals surface area contributed by atoms with E-state index in [-0.39, 0.29) is 17.6 Å². The largest absolute Gasteiger partial charge is 0.502 e. The van der Waals surface area contributed by atoms with Crippen LogP contribution in [0.4, 0.5) is 0 Å². The average molecular weight is 482 g/mol. The molecule has 9 heteroatoms. The maximum absolute atomic E-state index is 13.4. The Kier molecular flexibility index (Phi) is 4.90. The molecule has 3 aliphatic rings. The molecule has 1 aromatic heterocycles. The molecular weight excluding hydrogens is 462 g/mol. The van der Waals surface area contributed by atoms with E-state index in [1.54, 1.807) is 27.5 Å². The third-order valence-electron chi connectivity index (χ3n) is 6.47. The van der Waals surface area contributed by atoms with Gasteiger partial charge in [0, 0.05) is 34.5 Å². The van der Waals surface area contributed by atoms with Crippen molar-refractivity contribution in [3.63, 3.8) is 0 Å². The molecule has 7 nitrogen and oxygen atoms in total. The Hall–Kier alpha value is -2.94. The van der Waals surface area contributed by atoms with Gasteiger partial charge in [-0.3, -0.25) is 19.3 Å². The van der Waals surface area contributed by atoms with E-state index in [1.165, 1.54) is 6.07 Å². The van der Waals surface area contributed by atoms with E-state index in [4.69, 9.17) is 16.3 Å². The van der Waals surface area contributed by atoms with Gasteiger partial charge in [-0.05, 0) is 28.8 Å². The standard InChI is InChI=1S/C24H20ClN3O4S/c25-17-6-3-5-14-16(17)13-33-19-7-2-1-4-15(19)21(14)28-20-12-32-11-10-26(20)24(31)22-23(30)18(29)8-9-27(22)28/h1-9,20-21,30H,10-13H2/t20-,21+/m1/s1. The minimum atomic E-state index is -0.582. The second-order valence-corrected chi connectivity index (χ2v) is 9.62. The van der Waals surface area contributed by atoms with Gasteiger partial charge in [0.25, 0.3) is 5.91 Å². The van der Waals surface area contributed by atoms with Crippen molar-refractivity contribution in [3.8, 4) is 5.75 Å². The Bertz CT molecular complexity index is 1340. The summed E-state index contributed by atoms with van der Waals surface area (Å²) >= 11 is 8.38. The summed E-state index contributed by atoms with van der Waals surface area (Å²) in [6.45, 7) is 1.07. The second-order valence-electron chi connectivity index (χ2n) is 8.19. The summed E-state index contributed by atoms with van der Waals surface area (Å²) in [5, 5.41) is 13.4. The van der Waals surface area contributed by atoms with Gasteiger partial charge in [-0.15, -0.1) is 11.8 Å². The van der Waals surface area contributed by atoms with Gasteiger partial charge in [-0.2, -0.15) is 0 Å². The first-order valence-electron chi connectivity index (χ1n) is 10.7. The smallest absolute Gasteiger partial charge is 0.278 e. The van der Waals surface area contributed by atoms with Crippen molar-refractivity contribution in [1.82, 2.24) is 9.58 Å². The quantitative estimate of drug-likeness (QED) is 0.574. The van der Waals surface area contributed by atoms with E-state index in [1.807, 2.05) is 29.3 Å². The summed E-state index contributed by atoms with van der Waals surface area (Å²) in [5.74, 6) is -0.208. The molecular formula is C24H20ClN3O4S. The lowest BCUT2D eigenvalue weighted by molar-refractivity contribution is -0.0197. The molecule has 2 aromatic carbocycles. The van der Waals surface area contributed by atoms with Crippen molar-refractivity contribution in [2.24, 2.45) is 0 Å². The first kappa shape index (κ1) is 20.7. The van der Waals surface area contributed by atoms with E-state index in [9.17, 15) is 14.7 Å². The summed E-state index contributed by atoms with van der Waals surface area (Å²) in [7, 11) is 0. The molecule has 168 valence electrons. The van der Waals surface area contributed by atoms with Crippen LogP contribution in [0.1, 0.15) is 33.2 Å². The molecule has 0 spiro atoms. The molecule has 2 atom stereocenters. The number of aromatic nitrogens is 1. The van der Waals surface area contributed by atoms with Crippen LogP contribution in [-0.2, 0) is 10.5 Å². The highest BCUT2D eigenvalue weighted by atomic mass is 35.5. The normalized spacial score (nSPS) is 21.5. The highest BCUT2D eigenvalue weighted by molar-refractivity contribution is 7.98. The van der Waals surface area contributed by atoms with Crippen molar-refractivity contribution in [1.29, 1.82) is 0 Å². The maximum atomic E-state index is 13.4. The summed E-state index contributed by atoms with van der Waals surface area (Å²) in [6, 6.07) is 15.0. The van der Waals surface area contributed by atoms with Crippen molar-refractivity contribution >= 4 is 29.3 Å². The monoisotopic (exact) mass is 481 g/mol. The Labute approximate surface area is 199 Å². The number of pyridine rings is 1. The minimum absolute atomic E-state index is 0.0291. The zero-order chi connectivity index (χ0) is 22.7. The second kappa shape index (κ2) is 7.83. The molecule has 0 saturated carbocycles. The highest BCUT2D eigenvalue weighted by Gasteiger charge is 2.45. The lowest BCUT2D eigenvalue weighted by Crippen LogP contribution is -2.66. The number of nitrogens with zero attached hydrogens (tertiary/aromatic N) is 3. The predicted octanol–water partition coefficient (Wildman–Crippen LogP) is 3.35. The van der Waals surface area contributed by atoms with E-state index in [0.29, 0.717) is 30.5 Å². The van der Waals surface area contributed by atoms with Crippen LogP contribution in [0.2, 0.25) is 5.02 Å². The maximum Gasteiger partial charge on any atom is 0.278 e. The van der Waals surface area contributed by atoms with Gasteiger partial charge >= 0.3 is 0 Å². The molecule has 1 N–H and O–H groups in total. The molecule has 1 amide bonds. The van der Waals surface area contributed by atoms with Crippen LogP contribution in [0, 0.1) is 0 Å². The Morgan fingerprint density at radius 3 is 2.76 bits per heavy atom. The first-order chi connectivity index (χ1) is 16.1. The molecule has 3 aliphatic heterocycles. The van der Waals surface area contributed by atoms with Crippen LogP contribution in [0.5, 0.6) is 5.75 Å². The topological polar surface area (TPSA) is 75.0 Å². The minimum Gasteiger partial charge on any atom is -0.502 e. The Balaban J connectivity index is 1.67.